The van der Waals surface area contributed by atoms with Gasteiger partial charge in [0.2, 0.25) is 0 Å². The summed E-state index contributed by atoms with van der Waals surface area (Å²) in [5.41, 5.74) is 0.409. The highest BCUT2D eigenvalue weighted by Crippen LogP contribution is 2.26. The average molecular weight is 427 g/mol. The summed E-state index contributed by atoms with van der Waals surface area (Å²) in [6, 6.07) is 8.56. The molecule has 4 nitrogen and oxygen atoms in total. The zero-order valence-electron chi connectivity index (χ0n) is 18.6. The first-order chi connectivity index (χ1) is 12.0. The molecule has 0 fully saturated rings. The second-order valence-electron chi connectivity index (χ2n) is 10.0. The van der Waals surface area contributed by atoms with Crippen LogP contribution in [0.3, 0.4) is 0 Å². The van der Waals surface area contributed by atoms with Crippen LogP contribution in [0.2, 0.25) is 51.9 Å². The SMILES string of the molecule is CC(C)(O)C(=O)c1ccc(CCC[Si](C)(O[Si](C)(C)C)O[Si](C)(C)C)cc1. The van der Waals surface area contributed by atoms with Gasteiger partial charge in [0.25, 0.3) is 0 Å². The van der Waals surface area contributed by atoms with E-state index in [4.69, 9.17) is 8.23 Å². The van der Waals surface area contributed by atoms with Gasteiger partial charge in [-0.15, -0.1) is 0 Å². The third kappa shape index (κ3) is 9.45. The molecule has 154 valence electrons. The van der Waals surface area contributed by atoms with E-state index in [2.05, 4.69) is 45.8 Å². The molecule has 0 saturated heterocycles. The Morgan fingerprint density at radius 3 is 1.74 bits per heavy atom. The molecule has 0 atom stereocenters. The standard InChI is InChI=1S/C20H38O4Si3/c1-20(2,22)19(21)18-14-12-17(13-15-18)11-10-16-27(9,23-25(3,4)5)24-26(6,7)8/h12-15,22H,10-11,16H2,1-9H3. The number of hydrogen-bond acceptors (Lipinski definition) is 4. The van der Waals surface area contributed by atoms with Crippen molar-refractivity contribution in [2.24, 2.45) is 0 Å². The maximum absolute atomic E-state index is 12.1. The van der Waals surface area contributed by atoms with Gasteiger partial charge in [0.05, 0.1) is 0 Å². The van der Waals surface area contributed by atoms with E-state index in [9.17, 15) is 9.90 Å². The first-order valence-electron chi connectivity index (χ1n) is 9.77. The first kappa shape index (κ1) is 24.5. The Morgan fingerprint density at radius 2 is 1.37 bits per heavy atom. The van der Waals surface area contributed by atoms with Gasteiger partial charge in [-0.05, 0) is 84.1 Å². The van der Waals surface area contributed by atoms with E-state index in [1.54, 1.807) is 0 Å². The van der Waals surface area contributed by atoms with Crippen LogP contribution in [0.15, 0.2) is 24.3 Å². The van der Waals surface area contributed by atoms with Crippen LogP contribution in [0.1, 0.15) is 36.2 Å². The third-order valence-corrected chi connectivity index (χ3v) is 13.5. The fourth-order valence-corrected chi connectivity index (χ4v) is 15.7. The molecule has 0 aliphatic rings. The van der Waals surface area contributed by atoms with Gasteiger partial charge in [0, 0.05) is 5.56 Å². The number of benzene rings is 1. The highest BCUT2D eigenvalue weighted by Gasteiger charge is 2.39. The Kier molecular flexibility index (Phi) is 8.00. The molecule has 0 bridgehead atoms. The molecule has 0 aromatic heterocycles. The van der Waals surface area contributed by atoms with Gasteiger partial charge in [0.1, 0.15) is 5.60 Å². The second-order valence-corrected chi connectivity index (χ2v) is 22.9. The lowest BCUT2D eigenvalue weighted by Gasteiger charge is -2.38. The topological polar surface area (TPSA) is 55.8 Å². The van der Waals surface area contributed by atoms with E-state index in [1.807, 2.05) is 24.3 Å². The summed E-state index contributed by atoms with van der Waals surface area (Å²) >= 11 is 0. The molecular weight excluding hydrogens is 388 g/mol. The number of carbonyl (C=O) groups is 1. The van der Waals surface area contributed by atoms with Crippen molar-refractivity contribution in [1.29, 1.82) is 0 Å². The molecule has 0 radical (unpaired) electrons. The van der Waals surface area contributed by atoms with Crippen molar-refractivity contribution in [3.8, 4) is 0 Å². The molecule has 1 aromatic rings. The molecule has 1 rings (SSSR count). The van der Waals surface area contributed by atoms with Crippen LogP contribution < -0.4 is 0 Å². The maximum atomic E-state index is 12.1. The highest BCUT2D eigenvalue weighted by molar-refractivity contribution is 6.87. The molecule has 0 heterocycles. The van der Waals surface area contributed by atoms with Gasteiger partial charge < -0.3 is 13.3 Å². The lowest BCUT2D eigenvalue weighted by atomic mass is 9.96. The highest BCUT2D eigenvalue weighted by atomic mass is 28.5. The van der Waals surface area contributed by atoms with Gasteiger partial charge in [-0.25, -0.2) is 0 Å². The number of aliphatic hydroxyl groups is 1. The van der Waals surface area contributed by atoms with Crippen LogP contribution in [0.5, 0.6) is 0 Å². The average Bonchev–Trinajstić information content (AvgIpc) is 2.42. The van der Waals surface area contributed by atoms with Crippen molar-refractivity contribution >= 4 is 31.0 Å². The number of hydrogen-bond donors (Lipinski definition) is 1. The largest absolute Gasteiger partial charge is 0.437 e. The van der Waals surface area contributed by atoms with Crippen molar-refractivity contribution < 1.29 is 18.1 Å². The van der Waals surface area contributed by atoms with E-state index in [1.165, 1.54) is 19.4 Å². The minimum absolute atomic E-state index is 0.249. The van der Waals surface area contributed by atoms with Crippen molar-refractivity contribution in [1.82, 2.24) is 0 Å². The van der Waals surface area contributed by atoms with E-state index < -0.39 is 30.8 Å². The number of aryl methyl sites for hydroxylation is 1. The molecule has 0 unspecified atom stereocenters. The van der Waals surface area contributed by atoms with Crippen molar-refractivity contribution in [3.05, 3.63) is 35.4 Å². The summed E-state index contributed by atoms with van der Waals surface area (Å²) in [6.07, 6.45) is 1.94. The minimum Gasteiger partial charge on any atom is -0.437 e. The van der Waals surface area contributed by atoms with Gasteiger partial charge in [-0.1, -0.05) is 24.3 Å². The van der Waals surface area contributed by atoms with Gasteiger partial charge >= 0.3 is 8.56 Å². The lowest BCUT2D eigenvalue weighted by molar-refractivity contribution is 0.0488. The Bertz CT molecular complexity index is 607. The second kappa shape index (κ2) is 8.84. The van der Waals surface area contributed by atoms with Crippen LogP contribution in [0, 0.1) is 0 Å². The van der Waals surface area contributed by atoms with Crippen molar-refractivity contribution in [3.63, 3.8) is 0 Å². The molecule has 0 aliphatic carbocycles. The maximum Gasteiger partial charge on any atom is 0.314 e. The van der Waals surface area contributed by atoms with Crippen molar-refractivity contribution in [2.75, 3.05) is 0 Å². The fraction of sp³-hybridized carbons (Fsp3) is 0.650. The summed E-state index contributed by atoms with van der Waals surface area (Å²) in [4.78, 5) is 12.1. The molecule has 7 heteroatoms. The van der Waals surface area contributed by atoms with E-state index >= 15 is 0 Å². The van der Waals surface area contributed by atoms with Crippen LogP contribution >= 0.6 is 0 Å². The number of ketones is 1. The Hall–Kier alpha value is -0.579. The number of carbonyl (C=O) groups excluding carboxylic acids is 1. The third-order valence-electron chi connectivity index (χ3n) is 3.91. The smallest absolute Gasteiger partial charge is 0.314 e. The molecule has 27 heavy (non-hydrogen) atoms. The van der Waals surface area contributed by atoms with Gasteiger partial charge in [-0.2, -0.15) is 0 Å². The molecular formula is C20H38O4Si3. The zero-order valence-corrected chi connectivity index (χ0v) is 21.6. The number of rotatable bonds is 10. The molecule has 1 N–H and O–H groups in total. The quantitative estimate of drug-likeness (QED) is 0.405. The van der Waals surface area contributed by atoms with E-state index in [-0.39, 0.29) is 5.78 Å². The first-order valence-corrected chi connectivity index (χ1v) is 19.1. The summed E-state index contributed by atoms with van der Waals surface area (Å²) < 4.78 is 13.1. The predicted octanol–water partition coefficient (Wildman–Crippen LogP) is 5.35. The van der Waals surface area contributed by atoms with Gasteiger partial charge in [-0.3, -0.25) is 4.79 Å². The van der Waals surface area contributed by atoms with Gasteiger partial charge in [0.15, 0.2) is 22.4 Å². The van der Waals surface area contributed by atoms with E-state index in [0.717, 1.165) is 18.9 Å². The van der Waals surface area contributed by atoms with Crippen LogP contribution in [-0.2, 0) is 14.7 Å². The zero-order chi connectivity index (χ0) is 21.1. The fourth-order valence-electron chi connectivity index (χ4n) is 3.21. The lowest BCUT2D eigenvalue weighted by Crippen LogP contribution is -2.52. The summed E-state index contributed by atoms with van der Waals surface area (Å²) in [5, 5.41) is 9.86. The molecule has 0 saturated carbocycles. The summed E-state index contributed by atoms with van der Waals surface area (Å²) in [7, 11) is -5.52. The molecule has 0 amide bonds. The molecule has 0 aliphatic heterocycles. The number of Topliss-reactive ketones (excluding diaryl/α,β-unsaturated/α-hetero) is 1. The van der Waals surface area contributed by atoms with E-state index in [0.29, 0.717) is 5.56 Å². The Balaban J connectivity index is 2.74. The van der Waals surface area contributed by atoms with Crippen LogP contribution in [0.25, 0.3) is 0 Å². The normalized spacial score (nSPS) is 13.7. The minimum atomic E-state index is -2.19. The van der Waals surface area contributed by atoms with Crippen LogP contribution in [-0.4, -0.2) is 41.7 Å². The summed E-state index contributed by atoms with van der Waals surface area (Å²) in [6.45, 7) is 18.6. The molecule has 0 spiro atoms. The monoisotopic (exact) mass is 426 g/mol. The molecule has 1 aromatic carbocycles. The van der Waals surface area contributed by atoms with Crippen LogP contribution in [0.4, 0.5) is 0 Å². The Labute approximate surface area is 168 Å². The van der Waals surface area contributed by atoms with Crippen molar-refractivity contribution in [2.45, 2.75) is 84.2 Å². The predicted molar refractivity (Wildman–Crippen MR) is 121 cm³/mol. The Morgan fingerprint density at radius 1 is 0.926 bits per heavy atom. The summed E-state index contributed by atoms with van der Waals surface area (Å²) in [5.74, 6) is -0.249.